The average Bonchev–Trinajstić information content (AvgIpc) is 2.93. The van der Waals surface area contributed by atoms with Crippen LogP contribution in [0.2, 0.25) is 10.0 Å². The summed E-state index contributed by atoms with van der Waals surface area (Å²) in [5, 5.41) is 6.54. The molecule has 0 bridgehead atoms. The topological polar surface area (TPSA) is 34.9 Å². The zero-order valence-corrected chi connectivity index (χ0v) is 15.7. The second-order valence-corrected chi connectivity index (χ2v) is 6.76. The highest BCUT2D eigenvalue weighted by molar-refractivity contribution is 6.37. The second kappa shape index (κ2) is 7.39. The van der Waals surface area contributed by atoms with Crippen LogP contribution in [0.5, 0.6) is 0 Å². The predicted molar refractivity (Wildman–Crippen MR) is 113 cm³/mol. The molecule has 0 aliphatic rings. The Hall–Kier alpha value is -2.88. The fraction of sp³-hybridized carbons (Fsp3) is 0. The summed E-state index contributed by atoms with van der Waals surface area (Å²) < 4.78 is 1.67. The smallest absolute Gasteiger partial charge is 0.204 e. The van der Waals surface area contributed by atoms with Crippen LogP contribution in [0.25, 0.3) is 28.7 Å². The van der Waals surface area contributed by atoms with Crippen LogP contribution in [-0.4, -0.2) is 9.78 Å². The number of benzene rings is 2. The summed E-state index contributed by atoms with van der Waals surface area (Å²) >= 11 is 12.5. The molecule has 0 aliphatic heterocycles. The van der Waals surface area contributed by atoms with E-state index < -0.39 is 0 Å². The van der Waals surface area contributed by atoms with Crippen molar-refractivity contribution in [3.05, 3.63) is 104 Å². The number of aromatic nitrogens is 2. The summed E-state index contributed by atoms with van der Waals surface area (Å²) in [5.41, 5.74) is 2.63. The van der Waals surface area contributed by atoms with Crippen molar-refractivity contribution in [3.8, 4) is 5.69 Å². The van der Waals surface area contributed by atoms with Crippen LogP contribution in [0.1, 0.15) is 11.3 Å². The monoisotopic (exact) mass is 392 g/mol. The van der Waals surface area contributed by atoms with Gasteiger partial charge in [0.15, 0.2) is 0 Å². The molecule has 3 aromatic carbocycles. The molecule has 0 amide bonds. The van der Waals surface area contributed by atoms with Gasteiger partial charge in [-0.05, 0) is 42.5 Å². The summed E-state index contributed by atoms with van der Waals surface area (Å²) in [5.74, 6) is 0. The van der Waals surface area contributed by atoms with Crippen molar-refractivity contribution in [1.29, 1.82) is 0 Å². The second-order valence-electron chi connectivity index (χ2n) is 5.95. The number of hydrogen-bond acceptors (Lipinski definition) is 2. The zero-order valence-electron chi connectivity index (χ0n) is 14.1. The summed E-state index contributed by atoms with van der Waals surface area (Å²) in [6.07, 6.45) is 3.65. The molecular formula is C22H14Cl2N2O. The van der Waals surface area contributed by atoms with Crippen molar-refractivity contribution >= 4 is 46.3 Å². The van der Waals surface area contributed by atoms with E-state index in [2.05, 4.69) is 5.10 Å². The summed E-state index contributed by atoms with van der Waals surface area (Å²) in [6, 6.07) is 21.9. The molecule has 3 nitrogen and oxygen atoms in total. The number of hydrogen-bond donors (Lipinski definition) is 0. The van der Waals surface area contributed by atoms with E-state index in [1.165, 1.54) is 0 Å². The molecule has 0 atom stereocenters. The molecule has 5 heteroatoms. The van der Waals surface area contributed by atoms with Gasteiger partial charge in [0, 0.05) is 21.0 Å². The Morgan fingerprint density at radius 2 is 1.44 bits per heavy atom. The van der Waals surface area contributed by atoms with E-state index in [0.717, 1.165) is 11.1 Å². The van der Waals surface area contributed by atoms with Crippen molar-refractivity contribution in [1.82, 2.24) is 9.78 Å². The quantitative estimate of drug-likeness (QED) is 0.437. The van der Waals surface area contributed by atoms with Gasteiger partial charge in [0.1, 0.15) is 5.52 Å². The van der Waals surface area contributed by atoms with Crippen LogP contribution in [0.3, 0.4) is 0 Å². The first-order chi connectivity index (χ1) is 13.1. The number of rotatable bonds is 3. The molecule has 4 aromatic rings. The molecule has 4 rings (SSSR count). The molecule has 0 unspecified atom stereocenters. The third kappa shape index (κ3) is 3.39. The van der Waals surface area contributed by atoms with Crippen molar-refractivity contribution in [2.24, 2.45) is 0 Å². The van der Waals surface area contributed by atoms with Crippen LogP contribution in [0, 0.1) is 0 Å². The molecule has 0 fully saturated rings. The molecule has 0 spiro atoms. The molecule has 27 heavy (non-hydrogen) atoms. The van der Waals surface area contributed by atoms with Gasteiger partial charge in [-0.25, -0.2) is 4.68 Å². The third-order valence-electron chi connectivity index (χ3n) is 4.21. The van der Waals surface area contributed by atoms with Crippen molar-refractivity contribution in [2.45, 2.75) is 0 Å². The first-order valence-electron chi connectivity index (χ1n) is 8.35. The van der Waals surface area contributed by atoms with E-state index >= 15 is 0 Å². The first-order valence-corrected chi connectivity index (χ1v) is 9.10. The zero-order chi connectivity index (χ0) is 18.8. The summed E-state index contributed by atoms with van der Waals surface area (Å²) in [4.78, 5) is 12.6. The summed E-state index contributed by atoms with van der Waals surface area (Å²) in [6.45, 7) is 0. The lowest BCUT2D eigenvalue weighted by Crippen LogP contribution is -2.04. The number of para-hydroxylation sites is 1. The van der Waals surface area contributed by atoms with Gasteiger partial charge >= 0.3 is 0 Å². The fourth-order valence-corrected chi connectivity index (χ4v) is 3.46. The molecule has 0 radical (unpaired) electrons. The minimum Gasteiger partial charge on any atom is -0.288 e. The molecule has 0 N–H and O–H groups in total. The Balaban J connectivity index is 1.95. The Kier molecular flexibility index (Phi) is 4.80. The normalized spacial score (nSPS) is 11.3. The third-order valence-corrected chi connectivity index (χ3v) is 4.87. The molecule has 0 saturated heterocycles. The lowest BCUT2D eigenvalue weighted by atomic mass is 10.1. The standard InChI is InChI=1S/C22H14Cl2N2O/c23-18-10-6-11-19(24)16(18)13-14-20-17-9-4-5-12-21(27)22(17)26(25-20)15-7-2-1-3-8-15/h1-14H/b14-13+. The van der Waals surface area contributed by atoms with Crippen LogP contribution in [0.15, 0.2) is 77.6 Å². The summed E-state index contributed by atoms with van der Waals surface area (Å²) in [7, 11) is 0. The fourth-order valence-electron chi connectivity index (χ4n) is 2.93. The van der Waals surface area contributed by atoms with Crippen molar-refractivity contribution in [2.75, 3.05) is 0 Å². The maximum Gasteiger partial charge on any atom is 0.204 e. The highest BCUT2D eigenvalue weighted by Crippen LogP contribution is 2.27. The van der Waals surface area contributed by atoms with E-state index in [0.29, 0.717) is 26.8 Å². The Labute approximate surface area is 166 Å². The highest BCUT2D eigenvalue weighted by atomic mass is 35.5. The van der Waals surface area contributed by atoms with E-state index in [1.54, 1.807) is 35.0 Å². The highest BCUT2D eigenvalue weighted by Gasteiger charge is 2.12. The molecule has 132 valence electrons. The number of fused-ring (bicyclic) bond motifs is 1. The lowest BCUT2D eigenvalue weighted by molar-refractivity contribution is 0.902. The maximum atomic E-state index is 12.6. The van der Waals surface area contributed by atoms with Gasteiger partial charge in [-0.15, -0.1) is 0 Å². The van der Waals surface area contributed by atoms with Gasteiger partial charge in [-0.1, -0.05) is 65.7 Å². The Bertz CT molecular complexity index is 1190. The molecule has 1 aromatic heterocycles. The number of nitrogens with zero attached hydrogens (tertiary/aromatic N) is 2. The van der Waals surface area contributed by atoms with E-state index in [1.807, 2.05) is 54.6 Å². The Morgan fingerprint density at radius 1 is 0.778 bits per heavy atom. The lowest BCUT2D eigenvalue weighted by Gasteiger charge is -2.01. The minimum atomic E-state index is -0.0956. The van der Waals surface area contributed by atoms with Crippen molar-refractivity contribution in [3.63, 3.8) is 0 Å². The molecule has 0 aliphatic carbocycles. The molecule has 1 heterocycles. The van der Waals surface area contributed by atoms with Gasteiger partial charge in [0.2, 0.25) is 5.43 Å². The number of halogens is 2. The van der Waals surface area contributed by atoms with Gasteiger partial charge < -0.3 is 0 Å². The largest absolute Gasteiger partial charge is 0.288 e. The van der Waals surface area contributed by atoms with Gasteiger partial charge in [-0.2, -0.15) is 5.10 Å². The van der Waals surface area contributed by atoms with E-state index in [-0.39, 0.29) is 5.43 Å². The van der Waals surface area contributed by atoms with Crippen LogP contribution < -0.4 is 5.43 Å². The predicted octanol–water partition coefficient (Wildman–Crippen LogP) is 5.86. The van der Waals surface area contributed by atoms with Crippen LogP contribution in [-0.2, 0) is 0 Å². The van der Waals surface area contributed by atoms with Crippen LogP contribution >= 0.6 is 23.2 Å². The SMILES string of the molecule is O=c1ccccc2c(/C=C/c3c(Cl)cccc3Cl)nn(-c3ccccc3)c12. The Morgan fingerprint density at radius 3 is 2.19 bits per heavy atom. The van der Waals surface area contributed by atoms with Gasteiger partial charge in [0.05, 0.1) is 11.4 Å². The van der Waals surface area contributed by atoms with Gasteiger partial charge in [-0.3, -0.25) is 4.79 Å². The molecule has 0 saturated carbocycles. The van der Waals surface area contributed by atoms with Crippen molar-refractivity contribution < 1.29 is 0 Å². The maximum absolute atomic E-state index is 12.6. The van der Waals surface area contributed by atoms with E-state index in [9.17, 15) is 4.79 Å². The van der Waals surface area contributed by atoms with E-state index in [4.69, 9.17) is 23.2 Å². The average molecular weight is 393 g/mol. The van der Waals surface area contributed by atoms with Gasteiger partial charge in [0.25, 0.3) is 0 Å². The van der Waals surface area contributed by atoms with Crippen LogP contribution in [0.4, 0.5) is 0 Å². The minimum absolute atomic E-state index is 0.0956. The first kappa shape index (κ1) is 17.5. The molecular weight excluding hydrogens is 379 g/mol.